The van der Waals surface area contributed by atoms with Gasteiger partial charge in [-0.15, -0.1) is 0 Å². The van der Waals surface area contributed by atoms with E-state index in [0.717, 1.165) is 0 Å². The van der Waals surface area contributed by atoms with Crippen molar-refractivity contribution < 1.29 is 14.4 Å². The SMILES string of the molecule is CNc1ncnc(-c2ccc(OC)cc2OC)c1[N+](=O)[O-]. The molecule has 1 heterocycles. The zero-order valence-electron chi connectivity index (χ0n) is 11.8. The minimum Gasteiger partial charge on any atom is -0.497 e. The van der Waals surface area contributed by atoms with E-state index in [1.165, 1.54) is 20.5 Å². The molecule has 0 aliphatic heterocycles. The summed E-state index contributed by atoms with van der Waals surface area (Å²) in [4.78, 5) is 18.7. The Bertz CT molecular complexity index is 675. The van der Waals surface area contributed by atoms with E-state index in [1.54, 1.807) is 25.2 Å². The quantitative estimate of drug-likeness (QED) is 0.665. The third-order valence-electron chi connectivity index (χ3n) is 2.91. The van der Waals surface area contributed by atoms with E-state index >= 15 is 0 Å². The van der Waals surface area contributed by atoms with Gasteiger partial charge in [0.1, 0.15) is 17.8 Å². The van der Waals surface area contributed by atoms with Crippen LogP contribution in [0, 0.1) is 10.1 Å². The smallest absolute Gasteiger partial charge is 0.337 e. The molecule has 2 aromatic rings. The average Bonchev–Trinajstić information content (AvgIpc) is 2.53. The van der Waals surface area contributed by atoms with Crippen LogP contribution in [-0.2, 0) is 0 Å². The van der Waals surface area contributed by atoms with Crippen LogP contribution in [0.4, 0.5) is 11.5 Å². The van der Waals surface area contributed by atoms with Crippen molar-refractivity contribution in [2.24, 2.45) is 0 Å². The van der Waals surface area contributed by atoms with Gasteiger partial charge < -0.3 is 14.8 Å². The second-order valence-corrected chi connectivity index (χ2v) is 3.99. The molecule has 0 saturated heterocycles. The number of rotatable bonds is 5. The highest BCUT2D eigenvalue weighted by molar-refractivity contribution is 5.80. The zero-order chi connectivity index (χ0) is 15.4. The lowest BCUT2D eigenvalue weighted by atomic mass is 10.1. The molecule has 21 heavy (non-hydrogen) atoms. The highest BCUT2D eigenvalue weighted by Gasteiger charge is 2.25. The Balaban J connectivity index is 2.69. The number of ether oxygens (including phenoxy) is 2. The van der Waals surface area contributed by atoms with Gasteiger partial charge >= 0.3 is 5.69 Å². The summed E-state index contributed by atoms with van der Waals surface area (Å²) in [7, 11) is 4.56. The monoisotopic (exact) mass is 290 g/mol. The number of nitrogens with one attached hydrogen (secondary N) is 1. The number of aromatic nitrogens is 2. The summed E-state index contributed by atoms with van der Waals surface area (Å²) >= 11 is 0. The summed E-state index contributed by atoms with van der Waals surface area (Å²) in [6, 6.07) is 4.98. The van der Waals surface area contributed by atoms with Crippen molar-refractivity contribution in [3.8, 4) is 22.8 Å². The molecule has 1 aromatic carbocycles. The molecule has 1 N–H and O–H groups in total. The molecule has 0 fully saturated rings. The second-order valence-electron chi connectivity index (χ2n) is 3.99. The second kappa shape index (κ2) is 6.04. The number of benzene rings is 1. The van der Waals surface area contributed by atoms with Crippen molar-refractivity contribution in [3.05, 3.63) is 34.6 Å². The van der Waals surface area contributed by atoms with Gasteiger partial charge in [0.2, 0.25) is 5.82 Å². The molecule has 1 aromatic heterocycles. The molecule has 0 aliphatic rings. The Morgan fingerprint density at radius 2 is 2.00 bits per heavy atom. The predicted octanol–water partition coefficient (Wildman–Crippen LogP) is 2.11. The van der Waals surface area contributed by atoms with Crippen LogP contribution in [-0.4, -0.2) is 36.2 Å². The number of nitro groups is 1. The minimum atomic E-state index is -0.523. The highest BCUT2D eigenvalue weighted by Crippen LogP contribution is 2.38. The molecule has 0 spiro atoms. The van der Waals surface area contributed by atoms with Crippen LogP contribution in [0.15, 0.2) is 24.5 Å². The molecule has 0 bridgehead atoms. The fourth-order valence-electron chi connectivity index (χ4n) is 1.93. The van der Waals surface area contributed by atoms with Gasteiger partial charge in [-0.3, -0.25) is 10.1 Å². The van der Waals surface area contributed by atoms with E-state index < -0.39 is 4.92 Å². The first-order chi connectivity index (χ1) is 10.1. The Kier molecular flexibility index (Phi) is 4.17. The van der Waals surface area contributed by atoms with Crippen molar-refractivity contribution >= 4 is 11.5 Å². The normalized spacial score (nSPS) is 10.0. The molecule has 0 aliphatic carbocycles. The van der Waals surface area contributed by atoms with Gasteiger partial charge in [-0.1, -0.05) is 0 Å². The molecular weight excluding hydrogens is 276 g/mol. The largest absolute Gasteiger partial charge is 0.497 e. The fourth-order valence-corrected chi connectivity index (χ4v) is 1.93. The molecule has 8 heteroatoms. The number of methoxy groups -OCH3 is 2. The Hall–Kier alpha value is -2.90. The lowest BCUT2D eigenvalue weighted by Crippen LogP contribution is -2.03. The van der Waals surface area contributed by atoms with E-state index in [9.17, 15) is 10.1 Å². The molecule has 0 radical (unpaired) electrons. The van der Waals surface area contributed by atoms with Crippen molar-refractivity contribution in [3.63, 3.8) is 0 Å². The fraction of sp³-hybridized carbons (Fsp3) is 0.231. The Morgan fingerprint density at radius 3 is 2.57 bits per heavy atom. The topological polar surface area (TPSA) is 99.4 Å². The standard InChI is InChI=1S/C13H14N4O4/c1-14-13-12(17(18)19)11(15-7-16-13)9-5-4-8(20-2)6-10(9)21-3/h4-7H,1-3H3,(H,14,15,16). The summed E-state index contributed by atoms with van der Waals surface area (Å²) in [6.07, 6.45) is 1.26. The van der Waals surface area contributed by atoms with Crippen LogP contribution in [0.3, 0.4) is 0 Å². The van der Waals surface area contributed by atoms with Crippen molar-refractivity contribution in [2.75, 3.05) is 26.6 Å². The summed E-state index contributed by atoms with van der Waals surface area (Å²) in [5.41, 5.74) is 0.464. The summed E-state index contributed by atoms with van der Waals surface area (Å²) < 4.78 is 10.4. The van der Waals surface area contributed by atoms with E-state index in [2.05, 4.69) is 15.3 Å². The van der Waals surface area contributed by atoms with Crippen LogP contribution in [0.25, 0.3) is 11.3 Å². The maximum absolute atomic E-state index is 11.3. The molecule has 0 saturated carbocycles. The molecular formula is C13H14N4O4. The van der Waals surface area contributed by atoms with E-state index in [1.807, 2.05) is 0 Å². The Morgan fingerprint density at radius 1 is 1.24 bits per heavy atom. The first-order valence-corrected chi connectivity index (χ1v) is 6.02. The number of hydrogen-bond donors (Lipinski definition) is 1. The first-order valence-electron chi connectivity index (χ1n) is 6.02. The predicted molar refractivity (Wildman–Crippen MR) is 76.8 cm³/mol. The number of anilines is 1. The van der Waals surface area contributed by atoms with Gasteiger partial charge in [0, 0.05) is 18.7 Å². The van der Waals surface area contributed by atoms with Gasteiger partial charge in [-0.2, -0.15) is 0 Å². The van der Waals surface area contributed by atoms with Gasteiger partial charge in [0.25, 0.3) is 0 Å². The first kappa shape index (κ1) is 14.5. The van der Waals surface area contributed by atoms with Gasteiger partial charge in [-0.05, 0) is 12.1 Å². The lowest BCUT2D eigenvalue weighted by molar-refractivity contribution is -0.383. The molecule has 2 rings (SSSR count). The van der Waals surface area contributed by atoms with Crippen LogP contribution < -0.4 is 14.8 Å². The summed E-state index contributed by atoms with van der Waals surface area (Å²) in [5.74, 6) is 1.15. The van der Waals surface area contributed by atoms with Crippen LogP contribution in [0.1, 0.15) is 0 Å². The number of hydrogen-bond acceptors (Lipinski definition) is 7. The molecule has 8 nitrogen and oxygen atoms in total. The van der Waals surface area contributed by atoms with E-state index in [-0.39, 0.29) is 17.2 Å². The lowest BCUT2D eigenvalue weighted by Gasteiger charge is -2.11. The molecule has 0 atom stereocenters. The summed E-state index contributed by atoms with van der Waals surface area (Å²) in [6.45, 7) is 0. The third kappa shape index (κ3) is 2.69. The zero-order valence-corrected chi connectivity index (χ0v) is 11.8. The Labute approximate surface area is 120 Å². The van der Waals surface area contributed by atoms with Crippen LogP contribution in [0.2, 0.25) is 0 Å². The third-order valence-corrected chi connectivity index (χ3v) is 2.91. The van der Waals surface area contributed by atoms with Gasteiger partial charge in [-0.25, -0.2) is 9.97 Å². The van der Waals surface area contributed by atoms with E-state index in [4.69, 9.17) is 9.47 Å². The summed E-state index contributed by atoms with van der Waals surface area (Å²) in [5, 5.41) is 14.0. The minimum absolute atomic E-state index is 0.142. The van der Waals surface area contributed by atoms with Gasteiger partial charge in [0.05, 0.1) is 19.1 Å². The van der Waals surface area contributed by atoms with Crippen LogP contribution in [0.5, 0.6) is 11.5 Å². The molecule has 0 unspecified atom stereocenters. The van der Waals surface area contributed by atoms with Crippen molar-refractivity contribution in [1.29, 1.82) is 0 Å². The van der Waals surface area contributed by atoms with E-state index in [0.29, 0.717) is 17.1 Å². The molecule has 0 amide bonds. The maximum Gasteiger partial charge on any atom is 0.337 e. The highest BCUT2D eigenvalue weighted by atomic mass is 16.6. The van der Waals surface area contributed by atoms with Crippen molar-refractivity contribution in [1.82, 2.24) is 9.97 Å². The molecule has 110 valence electrons. The van der Waals surface area contributed by atoms with Gasteiger partial charge in [0.15, 0.2) is 5.69 Å². The average molecular weight is 290 g/mol. The maximum atomic E-state index is 11.3. The van der Waals surface area contributed by atoms with Crippen LogP contribution >= 0.6 is 0 Å². The van der Waals surface area contributed by atoms with Crippen molar-refractivity contribution in [2.45, 2.75) is 0 Å². The number of nitrogens with zero attached hydrogens (tertiary/aromatic N) is 3.